The van der Waals surface area contributed by atoms with Crippen molar-refractivity contribution in [3.8, 4) is 11.1 Å². The summed E-state index contributed by atoms with van der Waals surface area (Å²) in [4.78, 5) is 11.5. The number of carboxylic acid groups (broad SMARTS) is 1. The molecule has 0 unspecified atom stereocenters. The predicted molar refractivity (Wildman–Crippen MR) is 86.1 cm³/mol. The van der Waals surface area contributed by atoms with Crippen LogP contribution in [0.3, 0.4) is 0 Å². The number of carbonyl (C=O) groups is 1. The van der Waals surface area contributed by atoms with Crippen molar-refractivity contribution in [3.63, 3.8) is 0 Å². The number of hydrogen-bond acceptors (Lipinski definition) is 1. The van der Waals surface area contributed by atoms with Crippen LogP contribution in [0.15, 0.2) is 54.6 Å². The SMILES string of the molecule is Cc1ccc(C(=O)O)c(-c2ccc(Cl)c3ccccc23)c1. The van der Waals surface area contributed by atoms with Gasteiger partial charge in [0.1, 0.15) is 0 Å². The molecule has 0 heterocycles. The molecule has 0 aromatic heterocycles. The van der Waals surface area contributed by atoms with Gasteiger partial charge < -0.3 is 5.11 Å². The Hall–Kier alpha value is -2.32. The van der Waals surface area contributed by atoms with Gasteiger partial charge in [0, 0.05) is 10.4 Å². The summed E-state index contributed by atoms with van der Waals surface area (Å²) in [6.45, 7) is 1.95. The van der Waals surface area contributed by atoms with Gasteiger partial charge in [-0.2, -0.15) is 0 Å². The lowest BCUT2D eigenvalue weighted by molar-refractivity contribution is 0.0698. The molecule has 0 aliphatic heterocycles. The number of aryl methyl sites for hydroxylation is 1. The molecule has 1 N–H and O–H groups in total. The lowest BCUT2D eigenvalue weighted by Crippen LogP contribution is -2.00. The highest BCUT2D eigenvalue weighted by atomic mass is 35.5. The van der Waals surface area contributed by atoms with Crippen LogP contribution in [0, 0.1) is 6.92 Å². The zero-order valence-electron chi connectivity index (χ0n) is 11.4. The molecule has 0 amide bonds. The van der Waals surface area contributed by atoms with Crippen molar-refractivity contribution in [1.29, 1.82) is 0 Å². The minimum absolute atomic E-state index is 0.299. The van der Waals surface area contributed by atoms with Crippen molar-refractivity contribution in [2.45, 2.75) is 6.92 Å². The van der Waals surface area contributed by atoms with Gasteiger partial charge in [0.25, 0.3) is 0 Å². The van der Waals surface area contributed by atoms with Gasteiger partial charge in [-0.15, -0.1) is 0 Å². The fourth-order valence-electron chi connectivity index (χ4n) is 2.56. The number of carboxylic acids is 1. The lowest BCUT2D eigenvalue weighted by atomic mass is 9.93. The number of hydrogen-bond donors (Lipinski definition) is 1. The number of aromatic carboxylic acids is 1. The van der Waals surface area contributed by atoms with E-state index in [1.54, 1.807) is 6.07 Å². The maximum absolute atomic E-state index is 11.5. The molecule has 0 atom stereocenters. The second kappa shape index (κ2) is 5.23. The zero-order chi connectivity index (χ0) is 15.0. The van der Waals surface area contributed by atoms with E-state index in [2.05, 4.69) is 0 Å². The van der Waals surface area contributed by atoms with Crippen LogP contribution in [0.5, 0.6) is 0 Å². The molecule has 3 heteroatoms. The van der Waals surface area contributed by atoms with Crippen LogP contribution in [-0.4, -0.2) is 11.1 Å². The summed E-state index contributed by atoms with van der Waals surface area (Å²) < 4.78 is 0. The lowest BCUT2D eigenvalue weighted by Gasteiger charge is -2.12. The monoisotopic (exact) mass is 296 g/mol. The molecule has 2 nitrogen and oxygen atoms in total. The van der Waals surface area contributed by atoms with Gasteiger partial charge in [0.2, 0.25) is 0 Å². The zero-order valence-corrected chi connectivity index (χ0v) is 12.2. The highest BCUT2D eigenvalue weighted by molar-refractivity contribution is 6.36. The maximum Gasteiger partial charge on any atom is 0.336 e. The predicted octanol–water partition coefficient (Wildman–Crippen LogP) is 5.17. The fraction of sp³-hybridized carbons (Fsp3) is 0.0556. The first-order chi connectivity index (χ1) is 10.1. The van der Waals surface area contributed by atoms with Crippen molar-refractivity contribution in [2.24, 2.45) is 0 Å². The van der Waals surface area contributed by atoms with Crippen molar-refractivity contribution in [2.75, 3.05) is 0 Å². The quantitative estimate of drug-likeness (QED) is 0.708. The molecule has 21 heavy (non-hydrogen) atoms. The first kappa shape index (κ1) is 13.7. The van der Waals surface area contributed by atoms with Gasteiger partial charge in [-0.25, -0.2) is 4.79 Å². The van der Waals surface area contributed by atoms with Crippen molar-refractivity contribution in [3.05, 3.63) is 70.7 Å². The molecule has 3 rings (SSSR count). The van der Waals surface area contributed by atoms with Crippen molar-refractivity contribution in [1.82, 2.24) is 0 Å². The third kappa shape index (κ3) is 2.39. The van der Waals surface area contributed by atoms with Crippen LogP contribution >= 0.6 is 11.6 Å². The molecule has 3 aromatic rings. The molecular weight excluding hydrogens is 284 g/mol. The Morgan fingerprint density at radius 2 is 1.67 bits per heavy atom. The molecule has 0 saturated heterocycles. The highest BCUT2D eigenvalue weighted by Crippen LogP contribution is 2.35. The van der Waals surface area contributed by atoms with Gasteiger partial charge in [-0.05, 0) is 35.6 Å². The van der Waals surface area contributed by atoms with E-state index in [0.29, 0.717) is 10.6 Å². The average Bonchev–Trinajstić information content (AvgIpc) is 2.47. The minimum atomic E-state index is -0.927. The third-order valence-corrected chi connectivity index (χ3v) is 3.90. The number of rotatable bonds is 2. The summed E-state index contributed by atoms with van der Waals surface area (Å²) in [5.41, 5.74) is 2.92. The van der Waals surface area contributed by atoms with Crippen LogP contribution in [0.25, 0.3) is 21.9 Å². The van der Waals surface area contributed by atoms with E-state index >= 15 is 0 Å². The molecule has 0 radical (unpaired) electrons. The van der Waals surface area contributed by atoms with Crippen LogP contribution in [0.2, 0.25) is 5.02 Å². The summed E-state index contributed by atoms with van der Waals surface area (Å²) in [5.74, 6) is -0.927. The number of fused-ring (bicyclic) bond motifs is 1. The minimum Gasteiger partial charge on any atom is -0.478 e. The molecular formula is C18H13ClO2. The molecule has 0 aliphatic rings. The van der Waals surface area contributed by atoms with Crippen LogP contribution in [-0.2, 0) is 0 Å². The molecule has 0 aliphatic carbocycles. The molecule has 0 bridgehead atoms. The van der Waals surface area contributed by atoms with Gasteiger partial charge in [-0.1, -0.05) is 59.6 Å². The van der Waals surface area contributed by atoms with Crippen molar-refractivity contribution >= 4 is 28.3 Å². The topological polar surface area (TPSA) is 37.3 Å². The van der Waals surface area contributed by atoms with Crippen LogP contribution < -0.4 is 0 Å². The molecule has 3 aromatic carbocycles. The largest absolute Gasteiger partial charge is 0.478 e. The van der Waals surface area contributed by atoms with Crippen molar-refractivity contribution < 1.29 is 9.90 Å². The van der Waals surface area contributed by atoms with E-state index in [0.717, 1.165) is 27.5 Å². The smallest absolute Gasteiger partial charge is 0.336 e. The number of halogens is 1. The van der Waals surface area contributed by atoms with E-state index in [-0.39, 0.29) is 0 Å². The molecule has 0 spiro atoms. The Morgan fingerprint density at radius 3 is 2.38 bits per heavy atom. The van der Waals surface area contributed by atoms with E-state index in [9.17, 15) is 9.90 Å². The number of benzene rings is 3. The Labute approximate surface area is 127 Å². The van der Waals surface area contributed by atoms with Gasteiger partial charge in [0.15, 0.2) is 0 Å². The summed E-state index contributed by atoms with van der Waals surface area (Å²) in [6.07, 6.45) is 0. The second-order valence-corrected chi connectivity index (χ2v) is 5.40. The summed E-state index contributed by atoms with van der Waals surface area (Å²) >= 11 is 6.23. The first-order valence-electron chi connectivity index (χ1n) is 6.59. The molecule has 0 saturated carbocycles. The highest BCUT2D eigenvalue weighted by Gasteiger charge is 2.14. The fourth-order valence-corrected chi connectivity index (χ4v) is 2.79. The summed E-state index contributed by atoms with van der Waals surface area (Å²) in [6, 6.07) is 16.8. The maximum atomic E-state index is 11.5. The average molecular weight is 297 g/mol. The van der Waals surface area contributed by atoms with E-state index in [1.165, 1.54) is 0 Å². The first-order valence-corrected chi connectivity index (χ1v) is 6.97. The molecule has 0 fully saturated rings. The normalized spacial score (nSPS) is 10.8. The Balaban J connectivity index is 2.39. The Morgan fingerprint density at radius 1 is 0.952 bits per heavy atom. The summed E-state index contributed by atoms with van der Waals surface area (Å²) in [5, 5.41) is 12.0. The van der Waals surface area contributed by atoms with E-state index in [4.69, 9.17) is 11.6 Å². The molecule has 104 valence electrons. The Bertz CT molecular complexity index is 853. The Kier molecular flexibility index (Phi) is 3.40. The summed E-state index contributed by atoms with van der Waals surface area (Å²) in [7, 11) is 0. The van der Waals surface area contributed by atoms with Crippen LogP contribution in [0.1, 0.15) is 15.9 Å². The van der Waals surface area contributed by atoms with Crippen LogP contribution in [0.4, 0.5) is 0 Å². The third-order valence-electron chi connectivity index (χ3n) is 3.57. The second-order valence-electron chi connectivity index (χ2n) is 4.99. The standard InChI is InChI=1S/C18H13ClO2/c1-11-6-7-15(18(20)21)16(10-11)13-8-9-17(19)14-5-3-2-4-12(13)14/h2-10H,1H3,(H,20,21). The van der Waals surface area contributed by atoms with Gasteiger partial charge in [-0.3, -0.25) is 0 Å². The van der Waals surface area contributed by atoms with Gasteiger partial charge in [0.05, 0.1) is 5.56 Å². The van der Waals surface area contributed by atoms with E-state index in [1.807, 2.05) is 55.5 Å². The van der Waals surface area contributed by atoms with Gasteiger partial charge >= 0.3 is 5.97 Å². The van der Waals surface area contributed by atoms with E-state index < -0.39 is 5.97 Å².